The molecule has 0 aliphatic heterocycles. The van der Waals surface area contributed by atoms with E-state index in [0.717, 1.165) is 112 Å². The highest BCUT2D eigenvalue weighted by molar-refractivity contribution is 5.99. The molecule has 6 nitrogen and oxygen atoms in total. The summed E-state index contributed by atoms with van der Waals surface area (Å²) in [5.41, 5.74) is 17.2. The average molecular weight is 771 g/mol. The molecule has 4 heterocycles. The van der Waals surface area contributed by atoms with Crippen LogP contribution in [0.3, 0.4) is 0 Å². The van der Waals surface area contributed by atoms with Gasteiger partial charge in [0.05, 0.1) is 33.5 Å². The molecule has 11 rings (SSSR count). The fourth-order valence-electron chi connectivity index (χ4n) is 8.60. The van der Waals surface area contributed by atoms with Crippen molar-refractivity contribution < 1.29 is 0 Å². The van der Waals surface area contributed by atoms with E-state index in [1.165, 1.54) is 5.56 Å². The van der Waals surface area contributed by atoms with Gasteiger partial charge in [-0.25, -0.2) is 19.9 Å². The second-order valence-electron chi connectivity index (χ2n) is 15.2. The predicted molar refractivity (Wildman–Crippen MR) is 249 cm³/mol. The molecule has 0 saturated heterocycles. The number of aryl methyl sites for hydroxylation is 1. The number of hydrogen-bond donors (Lipinski definition) is 0. The van der Waals surface area contributed by atoms with Crippen molar-refractivity contribution in [1.29, 1.82) is 0 Å². The van der Waals surface area contributed by atoms with Crippen LogP contribution in [0.2, 0.25) is 0 Å². The summed E-state index contributed by atoms with van der Waals surface area (Å²) in [4.78, 5) is 20.7. The smallest absolute Gasteiger partial charge is 0.149 e. The molecule has 0 N–H and O–H groups in total. The number of para-hydroxylation sites is 4. The minimum absolute atomic E-state index is 0.822. The van der Waals surface area contributed by atoms with Crippen LogP contribution in [0.4, 0.5) is 0 Å². The van der Waals surface area contributed by atoms with Gasteiger partial charge in [-0.15, -0.1) is 0 Å². The Kier molecular flexibility index (Phi) is 8.31. The van der Waals surface area contributed by atoms with Gasteiger partial charge in [-0.05, 0) is 126 Å². The van der Waals surface area contributed by atoms with E-state index in [1.807, 2.05) is 43.3 Å². The van der Waals surface area contributed by atoms with Crippen molar-refractivity contribution in [2.24, 2.45) is 0 Å². The summed E-state index contributed by atoms with van der Waals surface area (Å²) in [5, 5.41) is 2.02. The number of benzene rings is 7. The maximum Gasteiger partial charge on any atom is 0.149 e. The lowest BCUT2D eigenvalue weighted by molar-refractivity contribution is 1.11. The Morgan fingerprint density at radius 1 is 0.450 bits per heavy atom. The minimum Gasteiger partial charge on any atom is -0.276 e. The van der Waals surface area contributed by atoms with Gasteiger partial charge < -0.3 is 0 Å². The number of allylic oxidation sites excluding steroid dienone is 1. The molecular weight excluding hydrogens is 733 g/mol. The molecule has 6 heteroatoms. The molecule has 0 aliphatic rings. The minimum atomic E-state index is 0.822. The van der Waals surface area contributed by atoms with Crippen molar-refractivity contribution in [3.8, 4) is 56.2 Å². The van der Waals surface area contributed by atoms with E-state index in [9.17, 15) is 0 Å². The van der Waals surface area contributed by atoms with E-state index in [1.54, 1.807) is 0 Å². The molecule has 0 aliphatic carbocycles. The first-order chi connectivity index (χ1) is 29.5. The topological polar surface area (TPSA) is 60.4 Å². The van der Waals surface area contributed by atoms with E-state index in [-0.39, 0.29) is 0 Å². The normalized spacial score (nSPS) is 11.8. The standard InChI is InChI=1S/C54H38N6/c1-4-15-49-45(5-2)55-53-43-22-6-8-24-46(43)56-51(59(49)53)38-20-13-18-36(29-38)41-31-40(35-17-12-16-34(3)28-35)32-42(33-41)37-19-14-21-39(30-37)52-57-47-25-9-7-23-44(47)54-58-48-26-10-11-27-50(48)60(52)54/h4-33H,2H2,1,3H3/b15-4-. The highest BCUT2D eigenvalue weighted by Crippen LogP contribution is 2.38. The van der Waals surface area contributed by atoms with Crippen molar-refractivity contribution in [2.75, 3.05) is 0 Å². The summed E-state index contributed by atoms with van der Waals surface area (Å²) in [6.45, 7) is 8.26. The van der Waals surface area contributed by atoms with Gasteiger partial charge in [0.25, 0.3) is 0 Å². The van der Waals surface area contributed by atoms with Crippen LogP contribution in [-0.2, 0) is 0 Å². The van der Waals surface area contributed by atoms with Crippen LogP contribution >= 0.6 is 0 Å². The molecule has 284 valence electrons. The van der Waals surface area contributed by atoms with Crippen LogP contribution in [-0.4, -0.2) is 28.7 Å². The van der Waals surface area contributed by atoms with Gasteiger partial charge in [-0.1, -0.05) is 115 Å². The molecule has 0 spiro atoms. The van der Waals surface area contributed by atoms with Gasteiger partial charge >= 0.3 is 0 Å². The van der Waals surface area contributed by atoms with Crippen molar-refractivity contribution in [3.63, 3.8) is 0 Å². The zero-order chi connectivity index (χ0) is 40.3. The third kappa shape index (κ3) is 5.80. The van der Waals surface area contributed by atoms with E-state index in [4.69, 9.17) is 19.9 Å². The Bertz CT molecular complexity index is 3550. The number of rotatable bonds is 7. The second-order valence-corrected chi connectivity index (χ2v) is 15.2. The van der Waals surface area contributed by atoms with E-state index in [0.29, 0.717) is 0 Å². The summed E-state index contributed by atoms with van der Waals surface area (Å²) in [5.74, 6) is 1.68. The zero-order valence-corrected chi connectivity index (χ0v) is 33.2. The SMILES string of the molecule is C=Cc1nc2c3ccccc3nc(-c3cccc(-c4cc(-c5cccc(C)c5)cc(-c5cccc(-c6nc7ccccc7c7nc8ccccc8n67)c5)c4)c3)n2c1/C=C\C. The third-order valence-electron chi connectivity index (χ3n) is 11.4. The maximum absolute atomic E-state index is 5.28. The van der Waals surface area contributed by atoms with E-state index >= 15 is 0 Å². The number of aromatic nitrogens is 6. The van der Waals surface area contributed by atoms with Crippen molar-refractivity contribution in [3.05, 3.63) is 193 Å². The summed E-state index contributed by atoms with van der Waals surface area (Å²) >= 11 is 0. The van der Waals surface area contributed by atoms with Crippen molar-refractivity contribution in [1.82, 2.24) is 28.7 Å². The first-order valence-corrected chi connectivity index (χ1v) is 20.2. The van der Waals surface area contributed by atoms with Crippen LogP contribution in [0.5, 0.6) is 0 Å². The first kappa shape index (κ1) is 35.2. The molecule has 0 radical (unpaired) electrons. The molecule has 0 atom stereocenters. The zero-order valence-electron chi connectivity index (χ0n) is 33.2. The molecule has 0 amide bonds. The molecule has 0 fully saturated rings. The lowest BCUT2D eigenvalue weighted by Gasteiger charge is -2.15. The lowest BCUT2D eigenvalue weighted by Crippen LogP contribution is -2.00. The fraction of sp³-hybridized carbons (Fsp3) is 0.0370. The Morgan fingerprint density at radius 3 is 1.52 bits per heavy atom. The molecular formula is C54H38N6. The summed E-state index contributed by atoms with van der Waals surface area (Å²) < 4.78 is 4.37. The van der Waals surface area contributed by atoms with Gasteiger partial charge in [0.2, 0.25) is 0 Å². The Hall–Kier alpha value is -7.96. The van der Waals surface area contributed by atoms with Crippen LogP contribution in [0, 0.1) is 6.92 Å². The second kappa shape index (κ2) is 14.1. The Balaban J connectivity index is 1.11. The van der Waals surface area contributed by atoms with Gasteiger partial charge in [-0.2, -0.15) is 0 Å². The Labute approximate surface area is 347 Å². The number of hydrogen-bond acceptors (Lipinski definition) is 4. The van der Waals surface area contributed by atoms with Crippen LogP contribution < -0.4 is 0 Å². The van der Waals surface area contributed by atoms with E-state index in [2.05, 4.69) is 168 Å². The predicted octanol–water partition coefficient (Wildman–Crippen LogP) is 13.6. The van der Waals surface area contributed by atoms with Gasteiger partial charge in [0.1, 0.15) is 22.9 Å². The highest BCUT2D eigenvalue weighted by atomic mass is 15.1. The van der Waals surface area contributed by atoms with Gasteiger partial charge in [0.15, 0.2) is 0 Å². The quantitative estimate of drug-likeness (QED) is 0.162. The third-order valence-corrected chi connectivity index (χ3v) is 11.4. The average Bonchev–Trinajstić information content (AvgIpc) is 3.88. The largest absolute Gasteiger partial charge is 0.276 e. The van der Waals surface area contributed by atoms with Crippen molar-refractivity contribution in [2.45, 2.75) is 13.8 Å². The molecule has 7 aromatic carbocycles. The summed E-state index contributed by atoms with van der Waals surface area (Å²) in [7, 11) is 0. The first-order valence-electron chi connectivity index (χ1n) is 20.2. The summed E-state index contributed by atoms with van der Waals surface area (Å²) in [6.07, 6.45) is 5.94. The molecule has 0 unspecified atom stereocenters. The highest BCUT2D eigenvalue weighted by Gasteiger charge is 2.19. The molecule has 60 heavy (non-hydrogen) atoms. The number of nitrogens with zero attached hydrogens (tertiary/aromatic N) is 6. The van der Waals surface area contributed by atoms with Crippen LogP contribution in [0.25, 0.3) is 112 Å². The Morgan fingerprint density at radius 2 is 0.933 bits per heavy atom. The van der Waals surface area contributed by atoms with Crippen LogP contribution in [0.15, 0.2) is 176 Å². The van der Waals surface area contributed by atoms with Gasteiger partial charge in [-0.3, -0.25) is 8.80 Å². The maximum atomic E-state index is 5.28. The van der Waals surface area contributed by atoms with E-state index < -0.39 is 0 Å². The van der Waals surface area contributed by atoms with Crippen molar-refractivity contribution >= 4 is 56.3 Å². The lowest BCUT2D eigenvalue weighted by atomic mass is 9.92. The van der Waals surface area contributed by atoms with Crippen LogP contribution in [0.1, 0.15) is 23.9 Å². The fourth-order valence-corrected chi connectivity index (χ4v) is 8.60. The molecule has 11 aromatic rings. The molecule has 4 aromatic heterocycles. The molecule has 0 saturated carbocycles. The monoisotopic (exact) mass is 770 g/mol. The number of imidazole rings is 2. The molecule has 0 bridgehead atoms. The number of fused-ring (bicyclic) bond motifs is 8. The van der Waals surface area contributed by atoms with Gasteiger partial charge in [0, 0.05) is 21.9 Å². The summed E-state index contributed by atoms with van der Waals surface area (Å²) in [6, 6.07) is 57.8.